The maximum atomic E-state index is 11.8. The van der Waals surface area contributed by atoms with Crippen LogP contribution in [0, 0.1) is 0 Å². The number of unbranched alkanes of at least 4 members (excludes halogenated alkanes) is 57. The van der Waals surface area contributed by atoms with E-state index >= 15 is 0 Å². The molecule has 0 fully saturated rings. The van der Waals surface area contributed by atoms with E-state index in [4.69, 9.17) is 0 Å². The number of nitrogens with zero attached hydrogens (tertiary/aromatic N) is 1. The fraction of sp³-hybridized carbons (Fsp3) is 0.917. The van der Waals surface area contributed by atoms with Gasteiger partial charge in [-0.25, -0.2) is 12.9 Å². The van der Waals surface area contributed by atoms with Crippen molar-refractivity contribution in [2.75, 3.05) is 12.3 Å². The largest absolute Gasteiger partial charge is 0.748 e. The molecule has 0 atom stereocenters. The van der Waals surface area contributed by atoms with Gasteiger partial charge in [-0.05, 0) is 56.8 Å². The zero-order valence-corrected chi connectivity index (χ0v) is 53.9. The SMILES string of the molecule is CCCCCCCCCCCCCCCCCCCCC/C=C/[N+](/C=C/CCCCCCCCCCCCCCCCCCCCC)(/C=C/CCCCCCCCCCCCCCCCCCCCC)CCCS(=O)(=O)[O-]. The Hall–Kier alpha value is -0.910. The summed E-state index contributed by atoms with van der Waals surface area (Å²) in [5, 5.41) is 0. The van der Waals surface area contributed by atoms with E-state index in [9.17, 15) is 13.0 Å². The summed E-state index contributed by atoms with van der Waals surface area (Å²) in [5.41, 5.74) is 0. The first kappa shape index (κ1) is 76.1. The third kappa shape index (κ3) is 64.1. The molecule has 0 spiro atoms. The first-order valence-electron chi connectivity index (χ1n) is 35.7. The monoisotopic (exact) mass is 1100 g/mol. The molecule has 0 aliphatic heterocycles. The normalized spacial score (nSPS) is 12.5. The van der Waals surface area contributed by atoms with Gasteiger partial charge < -0.3 is 4.55 Å². The molecular formula is C72H141NO3S. The summed E-state index contributed by atoms with van der Waals surface area (Å²) < 4.78 is 35.8. The van der Waals surface area contributed by atoms with Crippen LogP contribution in [-0.2, 0) is 10.1 Å². The molecule has 0 amide bonds. The van der Waals surface area contributed by atoms with Crippen molar-refractivity contribution >= 4 is 10.1 Å². The average Bonchev–Trinajstić information content (AvgIpc) is 3.42. The van der Waals surface area contributed by atoms with Gasteiger partial charge in [-0.3, -0.25) is 0 Å². The van der Waals surface area contributed by atoms with Crippen LogP contribution in [0.1, 0.15) is 412 Å². The molecule has 77 heavy (non-hydrogen) atoms. The number of allylic oxidation sites excluding steroid dienone is 3. The van der Waals surface area contributed by atoms with Crippen molar-refractivity contribution in [2.24, 2.45) is 0 Å². The van der Waals surface area contributed by atoms with Crippen LogP contribution in [0.5, 0.6) is 0 Å². The summed E-state index contributed by atoms with van der Waals surface area (Å²) in [6.07, 6.45) is 97.1. The second-order valence-corrected chi connectivity index (χ2v) is 26.5. The van der Waals surface area contributed by atoms with Crippen molar-refractivity contribution in [3.8, 4) is 0 Å². The fourth-order valence-electron chi connectivity index (χ4n) is 11.7. The van der Waals surface area contributed by atoms with Gasteiger partial charge in [-0.15, -0.1) is 0 Å². The Morgan fingerprint density at radius 2 is 0.403 bits per heavy atom. The Morgan fingerprint density at radius 1 is 0.247 bits per heavy atom. The van der Waals surface area contributed by atoms with Crippen LogP contribution in [0.15, 0.2) is 36.8 Å². The second-order valence-electron chi connectivity index (χ2n) is 24.9. The van der Waals surface area contributed by atoms with Crippen molar-refractivity contribution in [2.45, 2.75) is 412 Å². The molecule has 0 aromatic heterocycles. The van der Waals surface area contributed by atoms with Crippen molar-refractivity contribution in [3.05, 3.63) is 36.8 Å². The van der Waals surface area contributed by atoms with Gasteiger partial charge in [0.25, 0.3) is 0 Å². The van der Waals surface area contributed by atoms with E-state index in [-0.39, 0.29) is 5.75 Å². The lowest BCUT2D eigenvalue weighted by atomic mass is 10.0. The van der Waals surface area contributed by atoms with E-state index < -0.39 is 10.1 Å². The van der Waals surface area contributed by atoms with Gasteiger partial charge in [0.1, 0.15) is 18.6 Å². The lowest BCUT2D eigenvalue weighted by Crippen LogP contribution is -2.33. The summed E-state index contributed by atoms with van der Waals surface area (Å²) in [7, 11) is -4.25. The average molecular weight is 1100 g/mol. The molecule has 0 bridgehead atoms. The van der Waals surface area contributed by atoms with Gasteiger partial charge in [-0.2, -0.15) is 0 Å². The highest BCUT2D eigenvalue weighted by Crippen LogP contribution is 2.22. The van der Waals surface area contributed by atoms with Crippen LogP contribution in [0.2, 0.25) is 0 Å². The van der Waals surface area contributed by atoms with Crippen LogP contribution in [0.25, 0.3) is 0 Å². The van der Waals surface area contributed by atoms with Gasteiger partial charge in [0, 0.05) is 12.2 Å². The van der Waals surface area contributed by atoms with E-state index in [0.29, 0.717) is 17.4 Å². The highest BCUT2D eigenvalue weighted by molar-refractivity contribution is 7.85. The van der Waals surface area contributed by atoms with Gasteiger partial charge in [0.2, 0.25) is 0 Å². The standard InChI is InChI=1S/C72H141NO3S/c1-4-7-10-13-16-19-22-25-28-31-34-37-40-43-46-49-52-55-58-61-64-68-73(71-67-72-77(74,75)76,69-65-62-59-56-53-50-47-44-41-38-35-32-29-26-23-20-17-14-11-8-5-2)70-66-63-60-57-54-51-48-45-42-39-36-33-30-27-24-21-18-15-12-9-6-3/h64-66,68-70H,4-63,67,71-72H2,1-3H3/b68-64+,69-65+,70-66+. The summed E-state index contributed by atoms with van der Waals surface area (Å²) in [5.74, 6) is -0.291. The molecule has 458 valence electrons. The molecule has 0 aliphatic carbocycles. The quantitative estimate of drug-likeness (QED) is 0.0346. The van der Waals surface area contributed by atoms with Crippen molar-refractivity contribution < 1.29 is 17.5 Å². The first-order chi connectivity index (χ1) is 37.9. The molecule has 0 unspecified atom stereocenters. The maximum Gasteiger partial charge on any atom is 0.101 e. The van der Waals surface area contributed by atoms with Crippen LogP contribution in [0.4, 0.5) is 0 Å². The Balaban J connectivity index is 4.78. The predicted molar refractivity (Wildman–Crippen MR) is 346 cm³/mol. The molecule has 0 N–H and O–H groups in total. The highest BCUT2D eigenvalue weighted by Gasteiger charge is 2.19. The maximum absolute atomic E-state index is 11.8. The number of quaternary nitrogens is 1. The van der Waals surface area contributed by atoms with E-state index in [0.717, 1.165) is 19.3 Å². The zero-order chi connectivity index (χ0) is 55.8. The number of hydrogen-bond donors (Lipinski definition) is 0. The van der Waals surface area contributed by atoms with Crippen LogP contribution >= 0.6 is 0 Å². The molecule has 0 rings (SSSR count). The van der Waals surface area contributed by atoms with Crippen LogP contribution < -0.4 is 0 Å². The van der Waals surface area contributed by atoms with E-state index in [1.165, 1.54) is 366 Å². The van der Waals surface area contributed by atoms with E-state index in [2.05, 4.69) is 57.6 Å². The van der Waals surface area contributed by atoms with Crippen LogP contribution in [0.3, 0.4) is 0 Å². The Kier molecular flexibility index (Phi) is 63.5. The lowest BCUT2D eigenvalue weighted by molar-refractivity contribution is -0.773. The van der Waals surface area contributed by atoms with Gasteiger partial charge in [0.05, 0.1) is 16.7 Å². The Labute approximate surface area is 486 Å². The highest BCUT2D eigenvalue weighted by atomic mass is 32.2. The van der Waals surface area contributed by atoms with Crippen molar-refractivity contribution in [3.63, 3.8) is 0 Å². The number of hydrogen-bond acceptors (Lipinski definition) is 3. The summed E-state index contributed by atoms with van der Waals surface area (Å²) in [6.45, 7) is 7.52. The molecule has 0 aromatic carbocycles. The van der Waals surface area contributed by atoms with E-state index in [1.54, 1.807) is 0 Å². The molecule has 0 radical (unpaired) electrons. The predicted octanol–water partition coefficient (Wildman–Crippen LogP) is 25.7. The van der Waals surface area contributed by atoms with Crippen molar-refractivity contribution in [1.82, 2.24) is 0 Å². The Bertz CT molecular complexity index is 1180. The summed E-state index contributed by atoms with van der Waals surface area (Å²) in [4.78, 5) is 0. The number of rotatable bonds is 67. The molecule has 0 saturated heterocycles. The minimum atomic E-state index is -4.25. The molecule has 0 aliphatic rings. The minimum Gasteiger partial charge on any atom is -0.748 e. The summed E-state index contributed by atoms with van der Waals surface area (Å²) in [6, 6.07) is 0. The first-order valence-corrected chi connectivity index (χ1v) is 37.3. The van der Waals surface area contributed by atoms with Crippen LogP contribution in [-0.4, -0.2) is 29.8 Å². The fourth-order valence-corrected chi connectivity index (χ4v) is 12.2. The topological polar surface area (TPSA) is 57.2 Å². The van der Waals surface area contributed by atoms with Gasteiger partial charge in [-0.1, -0.05) is 367 Å². The minimum absolute atomic E-state index is 0.291. The van der Waals surface area contributed by atoms with Gasteiger partial charge >= 0.3 is 0 Å². The molecule has 0 aromatic rings. The zero-order valence-electron chi connectivity index (χ0n) is 53.1. The molecular weight excluding hydrogens is 959 g/mol. The van der Waals surface area contributed by atoms with Gasteiger partial charge in [0.15, 0.2) is 0 Å². The molecule has 4 nitrogen and oxygen atoms in total. The molecule has 0 saturated carbocycles. The molecule has 0 heterocycles. The second kappa shape index (κ2) is 64.3. The summed E-state index contributed by atoms with van der Waals surface area (Å²) >= 11 is 0. The Morgan fingerprint density at radius 3 is 0.558 bits per heavy atom. The lowest BCUT2D eigenvalue weighted by Gasteiger charge is -2.27. The third-order valence-corrected chi connectivity index (χ3v) is 17.8. The van der Waals surface area contributed by atoms with Crippen molar-refractivity contribution in [1.29, 1.82) is 0 Å². The third-order valence-electron chi connectivity index (χ3n) is 17.0. The van der Waals surface area contributed by atoms with E-state index in [1.807, 2.05) is 0 Å². The molecule has 5 heteroatoms. The smallest absolute Gasteiger partial charge is 0.101 e.